The van der Waals surface area contributed by atoms with Crippen molar-refractivity contribution in [3.63, 3.8) is 0 Å². The Morgan fingerprint density at radius 3 is 2.53 bits per heavy atom. The first-order chi connectivity index (χ1) is 18.5. The number of piperidine rings is 1. The number of aromatic nitrogens is 2. The van der Waals surface area contributed by atoms with E-state index in [1.165, 1.54) is 25.6 Å². The van der Waals surface area contributed by atoms with Crippen molar-refractivity contribution in [2.45, 2.75) is 18.8 Å². The van der Waals surface area contributed by atoms with Crippen LogP contribution < -0.4 is 19.5 Å². The van der Waals surface area contributed by atoms with E-state index in [-0.39, 0.29) is 17.7 Å². The normalized spacial score (nSPS) is 13.8. The number of ether oxygens (including phenoxy) is 3. The number of rotatable bonds is 7. The van der Waals surface area contributed by atoms with Gasteiger partial charge < -0.3 is 24.4 Å². The highest BCUT2D eigenvalue weighted by Crippen LogP contribution is 2.41. The minimum absolute atomic E-state index is 0.119. The van der Waals surface area contributed by atoms with Gasteiger partial charge >= 0.3 is 0 Å². The molecule has 1 aliphatic heterocycles. The minimum atomic E-state index is -0.246. The molecule has 1 fully saturated rings. The molecule has 0 unspecified atom stereocenters. The number of hydrogen-bond acceptors (Lipinski definition) is 8. The van der Waals surface area contributed by atoms with Gasteiger partial charge in [0.1, 0.15) is 5.69 Å². The molecule has 4 aromatic rings. The summed E-state index contributed by atoms with van der Waals surface area (Å²) in [6, 6.07) is 12.8. The van der Waals surface area contributed by atoms with E-state index in [0.29, 0.717) is 47.3 Å². The lowest BCUT2D eigenvalue weighted by Gasteiger charge is -2.31. The Bertz CT molecular complexity index is 1480. The maximum absolute atomic E-state index is 13.3. The van der Waals surface area contributed by atoms with Crippen molar-refractivity contribution in [1.29, 1.82) is 0 Å². The highest BCUT2D eigenvalue weighted by atomic mass is 32.1. The highest BCUT2D eigenvalue weighted by molar-refractivity contribution is 7.10. The molecule has 10 heteroatoms. The molecule has 0 atom stereocenters. The molecule has 1 aliphatic rings. The zero-order valence-electron chi connectivity index (χ0n) is 21.4. The zero-order chi connectivity index (χ0) is 26.6. The fourth-order valence-corrected chi connectivity index (χ4v) is 5.67. The number of likely N-dealkylation sites (tertiary alicyclic amines) is 1. The SMILES string of the molecule is COc1ccc(C(=O)N2CCC(c3nc(C(=O)Nc4ccc5ncccc5c4)cs3)CC2)c(OC)c1OC. The van der Waals surface area contributed by atoms with E-state index in [2.05, 4.69) is 15.3 Å². The minimum Gasteiger partial charge on any atom is -0.493 e. The number of carbonyl (C=O) groups excluding carboxylic acids is 2. The van der Waals surface area contributed by atoms with E-state index in [1.807, 2.05) is 35.2 Å². The average Bonchev–Trinajstić information content (AvgIpc) is 3.46. The largest absolute Gasteiger partial charge is 0.493 e. The second kappa shape index (κ2) is 11.1. The number of benzene rings is 2. The third kappa shape index (κ3) is 4.99. The van der Waals surface area contributed by atoms with E-state index in [1.54, 1.807) is 30.8 Å². The standard InChI is InChI=1S/C28H28N4O5S/c1-35-23-9-7-20(24(36-2)25(23)37-3)28(34)32-13-10-17(11-14-32)27-31-22(16-38-27)26(33)30-19-6-8-21-18(15-19)5-4-12-29-21/h4-9,12,15-17H,10-11,13-14H2,1-3H3,(H,30,33). The number of fused-ring (bicyclic) bond motifs is 1. The molecule has 1 saturated heterocycles. The van der Waals surface area contributed by atoms with Gasteiger partial charge in [0.05, 0.1) is 37.4 Å². The molecule has 38 heavy (non-hydrogen) atoms. The number of thiazole rings is 1. The van der Waals surface area contributed by atoms with E-state index < -0.39 is 0 Å². The molecule has 0 bridgehead atoms. The smallest absolute Gasteiger partial charge is 0.275 e. The van der Waals surface area contributed by atoms with Crippen LogP contribution >= 0.6 is 11.3 Å². The van der Waals surface area contributed by atoms with Crippen molar-refractivity contribution in [2.24, 2.45) is 0 Å². The Morgan fingerprint density at radius 1 is 1.00 bits per heavy atom. The third-order valence-corrected chi connectivity index (χ3v) is 7.69. The fourth-order valence-electron chi connectivity index (χ4n) is 4.70. The lowest BCUT2D eigenvalue weighted by atomic mass is 9.97. The summed E-state index contributed by atoms with van der Waals surface area (Å²) in [5.41, 5.74) is 2.39. The van der Waals surface area contributed by atoms with Crippen LogP contribution in [0.25, 0.3) is 10.9 Å². The maximum atomic E-state index is 13.3. The topological polar surface area (TPSA) is 103 Å². The lowest BCUT2D eigenvalue weighted by Crippen LogP contribution is -2.38. The summed E-state index contributed by atoms with van der Waals surface area (Å²) in [6.45, 7) is 1.15. The van der Waals surface area contributed by atoms with Crippen LogP contribution in [0, 0.1) is 0 Å². The van der Waals surface area contributed by atoms with Crippen molar-refractivity contribution >= 4 is 39.7 Å². The first kappa shape index (κ1) is 25.5. The first-order valence-electron chi connectivity index (χ1n) is 12.2. The van der Waals surface area contributed by atoms with E-state index in [0.717, 1.165) is 28.8 Å². The number of anilines is 1. The summed E-state index contributed by atoms with van der Waals surface area (Å²) in [7, 11) is 4.56. The summed E-state index contributed by atoms with van der Waals surface area (Å²) in [5, 5.41) is 6.59. The number of amides is 2. The van der Waals surface area contributed by atoms with Crippen molar-refractivity contribution < 1.29 is 23.8 Å². The van der Waals surface area contributed by atoms with Crippen LogP contribution in [0.3, 0.4) is 0 Å². The van der Waals surface area contributed by atoms with Crippen LogP contribution in [-0.4, -0.2) is 61.1 Å². The Labute approximate surface area is 224 Å². The molecule has 2 aromatic heterocycles. The van der Waals surface area contributed by atoms with Crippen LogP contribution in [0.15, 0.2) is 54.0 Å². The molecular weight excluding hydrogens is 504 g/mol. The molecule has 0 saturated carbocycles. The predicted octanol–water partition coefficient (Wildman–Crippen LogP) is 4.99. The molecule has 2 aromatic carbocycles. The molecule has 0 spiro atoms. The molecule has 196 valence electrons. The van der Waals surface area contributed by atoms with Gasteiger partial charge in [-0.3, -0.25) is 14.6 Å². The fraction of sp³-hybridized carbons (Fsp3) is 0.286. The van der Waals surface area contributed by atoms with Gasteiger partial charge in [-0.1, -0.05) is 6.07 Å². The van der Waals surface area contributed by atoms with E-state index in [4.69, 9.17) is 14.2 Å². The number of pyridine rings is 1. The first-order valence-corrected chi connectivity index (χ1v) is 13.1. The van der Waals surface area contributed by atoms with Gasteiger partial charge in [-0.2, -0.15) is 0 Å². The molecule has 5 rings (SSSR count). The van der Waals surface area contributed by atoms with E-state index >= 15 is 0 Å². The summed E-state index contributed by atoms with van der Waals surface area (Å²) in [4.78, 5) is 36.9. The van der Waals surface area contributed by atoms with Gasteiger partial charge in [0.2, 0.25) is 5.75 Å². The zero-order valence-corrected chi connectivity index (χ0v) is 22.2. The van der Waals surface area contributed by atoms with E-state index in [9.17, 15) is 9.59 Å². The third-order valence-electron chi connectivity index (χ3n) is 6.68. The molecule has 9 nitrogen and oxygen atoms in total. The number of hydrogen-bond donors (Lipinski definition) is 1. The van der Waals surface area contributed by atoms with Crippen LogP contribution in [0.1, 0.15) is 44.6 Å². The van der Waals surface area contributed by atoms with Gasteiger partial charge in [0, 0.05) is 41.7 Å². The van der Waals surface area contributed by atoms with Gasteiger partial charge in [-0.25, -0.2) is 4.98 Å². The molecule has 3 heterocycles. The Kier molecular flexibility index (Phi) is 7.41. The summed E-state index contributed by atoms with van der Waals surface area (Å²) in [6.07, 6.45) is 3.26. The average molecular weight is 533 g/mol. The monoisotopic (exact) mass is 532 g/mol. The highest BCUT2D eigenvalue weighted by Gasteiger charge is 2.30. The van der Waals surface area contributed by atoms with Crippen LogP contribution in [0.5, 0.6) is 17.2 Å². The van der Waals surface area contributed by atoms with Gasteiger partial charge in [-0.15, -0.1) is 11.3 Å². The molecule has 0 radical (unpaired) electrons. The van der Waals surface area contributed by atoms with Gasteiger partial charge in [0.15, 0.2) is 11.5 Å². The van der Waals surface area contributed by atoms with Gasteiger partial charge in [-0.05, 0) is 49.2 Å². The number of carbonyl (C=O) groups is 2. The number of nitrogens with one attached hydrogen (secondary N) is 1. The van der Waals surface area contributed by atoms with Crippen molar-refractivity contribution in [1.82, 2.24) is 14.9 Å². The second-order valence-corrected chi connectivity index (χ2v) is 9.77. The second-order valence-electron chi connectivity index (χ2n) is 8.88. The Hall–Kier alpha value is -4.18. The quantitative estimate of drug-likeness (QED) is 0.358. The van der Waals surface area contributed by atoms with Crippen molar-refractivity contribution in [3.8, 4) is 17.2 Å². The summed E-state index contributed by atoms with van der Waals surface area (Å²) < 4.78 is 16.2. The summed E-state index contributed by atoms with van der Waals surface area (Å²) in [5.74, 6) is 1.07. The van der Waals surface area contributed by atoms with Crippen LogP contribution in [0.2, 0.25) is 0 Å². The van der Waals surface area contributed by atoms with Crippen LogP contribution in [0.4, 0.5) is 5.69 Å². The van der Waals surface area contributed by atoms with Gasteiger partial charge in [0.25, 0.3) is 11.8 Å². The summed E-state index contributed by atoms with van der Waals surface area (Å²) >= 11 is 1.48. The lowest BCUT2D eigenvalue weighted by molar-refractivity contribution is 0.0708. The molecular formula is C28H28N4O5S. The molecule has 1 N–H and O–H groups in total. The molecule has 0 aliphatic carbocycles. The Morgan fingerprint density at radius 2 is 1.79 bits per heavy atom. The predicted molar refractivity (Wildman–Crippen MR) is 146 cm³/mol. The number of methoxy groups -OCH3 is 3. The number of nitrogens with zero attached hydrogens (tertiary/aromatic N) is 3. The van der Waals surface area contributed by atoms with Crippen LogP contribution in [-0.2, 0) is 0 Å². The maximum Gasteiger partial charge on any atom is 0.275 e. The van der Waals surface area contributed by atoms with Crippen molar-refractivity contribution in [3.05, 3.63) is 70.3 Å². The Balaban J connectivity index is 1.22. The molecule has 2 amide bonds. The van der Waals surface area contributed by atoms with Crippen molar-refractivity contribution in [2.75, 3.05) is 39.7 Å².